The number of benzene rings is 2. The zero-order chi connectivity index (χ0) is 27.7. The van der Waals surface area contributed by atoms with Crippen LogP contribution in [-0.4, -0.2) is 94.8 Å². The van der Waals surface area contributed by atoms with Crippen LogP contribution in [-0.2, 0) is 23.8 Å². The fourth-order valence-electron chi connectivity index (χ4n) is 4.08. The number of esters is 1. The Kier molecular flexibility index (Phi) is 7.50. The number of carbonyl (C=O) groups excluding carboxylic acids is 1. The molecule has 38 heavy (non-hydrogen) atoms. The van der Waals surface area contributed by atoms with Crippen molar-refractivity contribution in [3.63, 3.8) is 0 Å². The summed E-state index contributed by atoms with van der Waals surface area (Å²) in [5.74, 6) is -4.26. The number of aromatic hydroxyl groups is 5. The average Bonchev–Trinajstić information content (AvgIpc) is 2.84. The number of hydrogen-bond donors (Lipinski definition) is 8. The third-order valence-corrected chi connectivity index (χ3v) is 5.90. The Bertz CT molecular complexity index is 1260. The maximum atomic E-state index is 11.9. The molecule has 14 heteroatoms. The number of carbonyl (C=O) groups is 2. The molecule has 1 unspecified atom stereocenters. The van der Waals surface area contributed by atoms with E-state index < -0.39 is 73.3 Å². The van der Waals surface area contributed by atoms with E-state index in [9.17, 15) is 45.3 Å². The number of aliphatic carboxylic acids is 1. The Morgan fingerprint density at radius 1 is 0.974 bits per heavy atom. The molecule has 0 spiro atoms. The Labute approximate surface area is 213 Å². The van der Waals surface area contributed by atoms with Gasteiger partial charge in [0.1, 0.15) is 35.7 Å². The third-order valence-electron chi connectivity index (χ3n) is 5.90. The van der Waals surface area contributed by atoms with Gasteiger partial charge in [0, 0.05) is 12.1 Å². The second kappa shape index (κ2) is 10.6. The van der Waals surface area contributed by atoms with Crippen molar-refractivity contribution in [2.75, 3.05) is 6.61 Å². The van der Waals surface area contributed by atoms with Gasteiger partial charge in [-0.1, -0.05) is 0 Å². The van der Waals surface area contributed by atoms with Gasteiger partial charge >= 0.3 is 11.9 Å². The number of ether oxygens (including phenoxy) is 4. The second-order valence-electron chi connectivity index (χ2n) is 8.57. The number of phenols is 4. The molecule has 1 saturated heterocycles. The highest BCUT2D eigenvalue weighted by Gasteiger charge is 2.49. The monoisotopic (exact) mass is 537 g/mol. The summed E-state index contributed by atoms with van der Waals surface area (Å²) in [5.41, 5.74) is 0.388. The van der Waals surface area contributed by atoms with Crippen molar-refractivity contribution >= 4 is 18.0 Å². The fraction of sp³-hybridized carbons (Fsp3) is 0.333. The van der Waals surface area contributed by atoms with Crippen molar-refractivity contribution in [1.29, 1.82) is 0 Å². The first-order valence-corrected chi connectivity index (χ1v) is 11.2. The summed E-state index contributed by atoms with van der Waals surface area (Å²) >= 11 is 0. The highest BCUT2D eigenvalue weighted by atomic mass is 16.7. The number of rotatable bonds is 7. The predicted molar refractivity (Wildman–Crippen MR) is 123 cm³/mol. The van der Waals surface area contributed by atoms with Gasteiger partial charge in [0.15, 0.2) is 29.5 Å². The Morgan fingerprint density at radius 3 is 2.37 bits per heavy atom. The van der Waals surface area contributed by atoms with Crippen molar-refractivity contribution < 1.29 is 69.4 Å². The first-order valence-electron chi connectivity index (χ1n) is 11.2. The molecule has 2 aromatic rings. The summed E-state index contributed by atoms with van der Waals surface area (Å²) in [5, 5.41) is 79.6. The van der Waals surface area contributed by atoms with Gasteiger partial charge in [-0.3, -0.25) is 9.59 Å². The van der Waals surface area contributed by atoms with Crippen LogP contribution in [0.3, 0.4) is 0 Å². The summed E-state index contributed by atoms with van der Waals surface area (Å²) in [6, 6.07) is 6.09. The number of hydrogen-bond acceptors (Lipinski definition) is 12. The van der Waals surface area contributed by atoms with Crippen LogP contribution >= 0.6 is 0 Å². The maximum absolute atomic E-state index is 11.9. The molecule has 1 fully saturated rings. The third kappa shape index (κ3) is 5.38. The highest BCUT2D eigenvalue weighted by Crippen LogP contribution is 2.46. The lowest BCUT2D eigenvalue weighted by molar-refractivity contribution is -0.298. The summed E-state index contributed by atoms with van der Waals surface area (Å²) in [7, 11) is 0. The first kappa shape index (κ1) is 26.8. The Morgan fingerprint density at radius 2 is 1.71 bits per heavy atom. The minimum Gasteiger partial charge on any atom is -0.571 e. The van der Waals surface area contributed by atoms with E-state index in [1.165, 1.54) is 30.3 Å². The van der Waals surface area contributed by atoms with Gasteiger partial charge in [0.05, 0.1) is 18.2 Å². The standard InChI is InChI=1S/C24H24O14/c25-8-17-20(33)23(38-19(32)7-18(30)31)21(34)24(37-17)36-16-6-11-13(28)4-10(26)5-15(11)35-22(16)9-1-2-12(27)14(29)3-9/h1-6,17,20-29,33-34H,7-8H2,(H,30,31)/p+1/t17-,20+,21+,22?,23-,24+/m0/s1. The molecule has 2 aliphatic rings. The van der Waals surface area contributed by atoms with Crippen LogP contribution in [0.25, 0.3) is 6.08 Å². The average molecular weight is 537 g/mol. The van der Waals surface area contributed by atoms with E-state index in [0.29, 0.717) is 0 Å². The van der Waals surface area contributed by atoms with Crippen LogP contribution in [0.5, 0.6) is 28.7 Å². The SMILES string of the molecule is O=C(O)CC(=O)O[C@@H]1[C@@H](O)[C@H](OC2=Cc3c(O)cc(O)cc3[OH+]C2c2ccc(O)c(O)c2)O[C@@H](CO)[C@H]1O. The molecule has 6 atom stereocenters. The number of carboxylic acids is 1. The lowest BCUT2D eigenvalue weighted by atomic mass is 9.98. The number of aliphatic hydroxyl groups excluding tert-OH is 3. The van der Waals surface area contributed by atoms with Crippen molar-refractivity contribution in [1.82, 2.24) is 0 Å². The van der Waals surface area contributed by atoms with E-state index in [1.807, 2.05) is 0 Å². The predicted octanol–water partition coefficient (Wildman–Crippen LogP) is -0.312. The number of carboxylic acid groups (broad SMARTS) is 1. The van der Waals surface area contributed by atoms with Crippen LogP contribution in [0.4, 0.5) is 0 Å². The van der Waals surface area contributed by atoms with E-state index in [0.717, 1.165) is 6.07 Å². The molecule has 0 amide bonds. The zero-order valence-corrected chi connectivity index (χ0v) is 19.4. The van der Waals surface area contributed by atoms with E-state index in [-0.39, 0.29) is 34.1 Å². The zero-order valence-electron chi connectivity index (χ0n) is 19.4. The van der Waals surface area contributed by atoms with Crippen molar-refractivity contribution in [2.24, 2.45) is 0 Å². The Hall–Kier alpha value is -4.24. The van der Waals surface area contributed by atoms with E-state index in [4.69, 9.17) is 19.3 Å². The quantitative estimate of drug-likeness (QED) is 0.0980. The molecule has 2 aromatic carbocycles. The molecule has 0 aliphatic carbocycles. The van der Waals surface area contributed by atoms with E-state index in [2.05, 4.69) is 4.74 Å². The molecular formula is C24H25O14+. The number of phenolic OH excluding ortho intramolecular Hbond substituents is 4. The van der Waals surface area contributed by atoms with Crippen LogP contribution in [0.15, 0.2) is 36.1 Å². The van der Waals surface area contributed by atoms with Crippen molar-refractivity contribution in [3.05, 3.63) is 47.2 Å². The molecule has 0 bridgehead atoms. The molecule has 14 nitrogen and oxygen atoms in total. The molecule has 0 radical (unpaired) electrons. The van der Waals surface area contributed by atoms with Gasteiger partial charge in [-0.15, -0.1) is 0 Å². The van der Waals surface area contributed by atoms with Gasteiger partial charge in [0.2, 0.25) is 6.29 Å². The second-order valence-corrected chi connectivity index (χ2v) is 8.57. The summed E-state index contributed by atoms with van der Waals surface area (Å²) in [6.45, 7) is -0.789. The minimum atomic E-state index is -1.88. The van der Waals surface area contributed by atoms with Gasteiger partial charge < -0.3 is 59.8 Å². The highest BCUT2D eigenvalue weighted by molar-refractivity contribution is 5.90. The summed E-state index contributed by atoms with van der Waals surface area (Å²) < 4.78 is 20.7. The normalized spacial score (nSPS) is 26.4. The smallest absolute Gasteiger partial charge is 0.317 e. The van der Waals surface area contributed by atoms with Crippen LogP contribution < -0.4 is 0 Å². The maximum Gasteiger partial charge on any atom is 0.317 e. The molecule has 4 rings (SSSR count). The van der Waals surface area contributed by atoms with Crippen LogP contribution in [0.2, 0.25) is 0 Å². The molecule has 2 heterocycles. The topological polar surface area (TPSA) is 236 Å². The van der Waals surface area contributed by atoms with Crippen molar-refractivity contribution in [2.45, 2.75) is 43.2 Å². The van der Waals surface area contributed by atoms with Gasteiger partial charge in [0.25, 0.3) is 11.9 Å². The number of fused-ring (bicyclic) bond motifs is 1. The largest absolute Gasteiger partial charge is 0.571 e. The first-order chi connectivity index (χ1) is 18.0. The van der Waals surface area contributed by atoms with Crippen LogP contribution in [0.1, 0.15) is 23.7 Å². The number of aliphatic hydroxyl groups is 4. The minimum absolute atomic E-state index is 0.0867. The van der Waals surface area contributed by atoms with Gasteiger partial charge in [-0.2, -0.15) is 0 Å². The van der Waals surface area contributed by atoms with Gasteiger partial charge in [-0.25, -0.2) is 0 Å². The lowest BCUT2D eigenvalue weighted by Crippen LogP contribution is -2.60. The molecule has 2 aliphatic heterocycles. The van der Waals surface area contributed by atoms with Gasteiger partial charge in [-0.05, 0) is 18.2 Å². The molecular weight excluding hydrogens is 512 g/mol. The fourth-order valence-corrected chi connectivity index (χ4v) is 4.08. The molecule has 0 aromatic heterocycles. The van der Waals surface area contributed by atoms with Crippen molar-refractivity contribution in [3.8, 4) is 28.7 Å². The van der Waals surface area contributed by atoms with Crippen LogP contribution in [0, 0.1) is 0 Å². The van der Waals surface area contributed by atoms with E-state index in [1.54, 1.807) is 0 Å². The van der Waals surface area contributed by atoms with E-state index >= 15 is 0 Å². The summed E-state index contributed by atoms with van der Waals surface area (Å²) in [4.78, 5) is 22.7. The molecule has 9 N–H and O–H groups in total. The lowest BCUT2D eigenvalue weighted by Gasteiger charge is -2.41. The summed E-state index contributed by atoms with van der Waals surface area (Å²) in [6.07, 6.45) is -9.30. The Balaban J connectivity index is 1.70. The molecule has 204 valence electrons. The molecule has 0 saturated carbocycles.